The van der Waals surface area contributed by atoms with Gasteiger partial charge in [-0.05, 0) is 62.9 Å². The van der Waals surface area contributed by atoms with E-state index in [1.165, 1.54) is 29.7 Å². The van der Waals surface area contributed by atoms with Crippen LogP contribution in [0.2, 0.25) is 0 Å². The van der Waals surface area contributed by atoms with Crippen molar-refractivity contribution in [1.82, 2.24) is 4.90 Å². The zero-order valence-electron chi connectivity index (χ0n) is 18.8. The Morgan fingerprint density at radius 2 is 1.62 bits per heavy atom. The monoisotopic (exact) mass is 427 g/mol. The van der Waals surface area contributed by atoms with Crippen LogP contribution in [0.25, 0.3) is 10.8 Å². The Labute approximate surface area is 189 Å². The molecule has 0 saturated carbocycles. The minimum absolute atomic E-state index is 0.202. The molecule has 5 nitrogen and oxygen atoms in total. The van der Waals surface area contributed by atoms with Crippen molar-refractivity contribution in [3.63, 3.8) is 0 Å². The molecule has 2 aliphatic heterocycles. The van der Waals surface area contributed by atoms with Crippen LogP contribution in [-0.4, -0.2) is 42.9 Å². The first-order valence-electron chi connectivity index (χ1n) is 11.5. The van der Waals surface area contributed by atoms with E-state index in [1.807, 2.05) is 30.3 Å². The lowest BCUT2D eigenvalue weighted by atomic mass is 9.92. The van der Waals surface area contributed by atoms with Crippen molar-refractivity contribution in [3.8, 4) is 0 Å². The summed E-state index contributed by atoms with van der Waals surface area (Å²) in [5.74, 6) is -0.405. The molecular weight excluding hydrogens is 398 g/mol. The molecule has 0 unspecified atom stereocenters. The third kappa shape index (κ3) is 3.52. The molecule has 5 heteroatoms. The molecule has 3 aromatic carbocycles. The van der Waals surface area contributed by atoms with Gasteiger partial charge in [-0.3, -0.25) is 14.5 Å². The summed E-state index contributed by atoms with van der Waals surface area (Å²) in [5.41, 5.74) is 5.78. The van der Waals surface area contributed by atoms with Crippen molar-refractivity contribution in [3.05, 3.63) is 70.8 Å². The van der Waals surface area contributed by atoms with Crippen LogP contribution in [0.4, 0.5) is 11.4 Å². The molecule has 0 radical (unpaired) electrons. The smallest absolute Gasteiger partial charge is 0.261 e. The van der Waals surface area contributed by atoms with E-state index in [1.54, 1.807) is 0 Å². The first-order valence-corrected chi connectivity index (χ1v) is 11.5. The number of piperidine rings is 1. The first kappa shape index (κ1) is 20.6. The average molecular weight is 428 g/mol. The van der Waals surface area contributed by atoms with Gasteiger partial charge in [-0.25, -0.2) is 0 Å². The highest BCUT2D eigenvalue weighted by Crippen LogP contribution is 2.36. The number of nitrogens with zero attached hydrogens (tertiary/aromatic N) is 2. The molecule has 2 aliphatic rings. The van der Waals surface area contributed by atoms with E-state index in [9.17, 15) is 9.59 Å². The molecule has 3 aromatic rings. The number of anilines is 2. The van der Waals surface area contributed by atoms with Gasteiger partial charge in [0.25, 0.3) is 11.8 Å². The van der Waals surface area contributed by atoms with Crippen molar-refractivity contribution in [2.45, 2.75) is 33.1 Å². The molecular formula is C27H29N3O2. The second-order valence-corrected chi connectivity index (χ2v) is 8.92. The molecule has 164 valence electrons. The lowest BCUT2D eigenvalue weighted by Gasteiger charge is -2.32. The van der Waals surface area contributed by atoms with Gasteiger partial charge in [0.15, 0.2) is 0 Å². The molecule has 0 aliphatic carbocycles. The Bertz CT molecular complexity index is 1190. The summed E-state index contributed by atoms with van der Waals surface area (Å²) < 4.78 is 0. The van der Waals surface area contributed by atoms with Crippen LogP contribution in [-0.2, 0) is 0 Å². The Morgan fingerprint density at radius 3 is 2.38 bits per heavy atom. The van der Waals surface area contributed by atoms with E-state index >= 15 is 0 Å². The molecule has 0 bridgehead atoms. The zero-order valence-corrected chi connectivity index (χ0v) is 18.8. The maximum atomic E-state index is 13.3. The topological polar surface area (TPSA) is 52.7 Å². The van der Waals surface area contributed by atoms with Gasteiger partial charge >= 0.3 is 0 Å². The van der Waals surface area contributed by atoms with E-state index in [0.29, 0.717) is 24.2 Å². The molecule has 0 atom stereocenters. The van der Waals surface area contributed by atoms with Gasteiger partial charge in [-0.2, -0.15) is 0 Å². The fourth-order valence-corrected chi connectivity index (χ4v) is 5.06. The van der Waals surface area contributed by atoms with Gasteiger partial charge < -0.3 is 10.2 Å². The lowest BCUT2D eigenvalue weighted by Crippen LogP contribution is -2.43. The van der Waals surface area contributed by atoms with E-state index in [-0.39, 0.29) is 11.8 Å². The molecule has 32 heavy (non-hydrogen) atoms. The second-order valence-electron chi connectivity index (χ2n) is 8.92. The molecule has 5 rings (SSSR count). The number of benzene rings is 3. The van der Waals surface area contributed by atoms with Crippen LogP contribution in [0.15, 0.2) is 48.5 Å². The summed E-state index contributed by atoms with van der Waals surface area (Å²) in [6.07, 6.45) is 3.63. The number of aryl methyl sites for hydroxylation is 2. The molecule has 2 heterocycles. The maximum Gasteiger partial charge on any atom is 0.261 e. The summed E-state index contributed by atoms with van der Waals surface area (Å²) >= 11 is 0. The summed E-state index contributed by atoms with van der Waals surface area (Å²) in [6.45, 7) is 7.01. The Kier molecular flexibility index (Phi) is 5.33. The van der Waals surface area contributed by atoms with Crippen molar-refractivity contribution < 1.29 is 9.59 Å². The average Bonchev–Trinajstić information content (AvgIpc) is 2.81. The number of nitrogens with one attached hydrogen (secondary N) is 1. The van der Waals surface area contributed by atoms with Gasteiger partial charge in [0.1, 0.15) is 0 Å². The maximum absolute atomic E-state index is 13.3. The van der Waals surface area contributed by atoms with Crippen molar-refractivity contribution in [1.29, 1.82) is 0 Å². The lowest BCUT2D eigenvalue weighted by molar-refractivity contribution is 0.0617. The third-order valence-electron chi connectivity index (χ3n) is 6.70. The number of amides is 2. The predicted octanol–water partition coefficient (Wildman–Crippen LogP) is 5.16. The number of hydrogen-bond acceptors (Lipinski definition) is 4. The second kappa shape index (κ2) is 8.30. The van der Waals surface area contributed by atoms with E-state index in [4.69, 9.17) is 0 Å². The zero-order chi connectivity index (χ0) is 22.2. The number of carbonyl (C=O) groups is 2. The van der Waals surface area contributed by atoms with Gasteiger partial charge in [0.2, 0.25) is 0 Å². The normalized spacial score (nSPS) is 16.1. The molecule has 1 fully saturated rings. The summed E-state index contributed by atoms with van der Waals surface area (Å²) in [7, 11) is 0. The van der Waals surface area contributed by atoms with Crippen LogP contribution in [0.3, 0.4) is 0 Å². The predicted molar refractivity (Wildman–Crippen MR) is 130 cm³/mol. The minimum atomic E-state index is -0.202. The first-order chi connectivity index (χ1) is 15.5. The Morgan fingerprint density at radius 1 is 0.875 bits per heavy atom. The number of hydrogen-bond donors (Lipinski definition) is 1. The standard InChI is InChI=1S/C27H29N3O2/c1-18-9-11-23(19(2)17-18)28-13-16-30-26(31)21-8-6-7-20-24(29-14-4-3-5-15-29)12-10-22(25(20)21)27(30)32/h6-12,17,28H,3-5,13-16H2,1-2H3. The molecule has 0 spiro atoms. The van der Waals surface area contributed by atoms with Crippen molar-refractivity contribution in [2.75, 3.05) is 36.4 Å². The minimum Gasteiger partial charge on any atom is -0.383 e. The highest BCUT2D eigenvalue weighted by molar-refractivity contribution is 6.26. The molecule has 2 amide bonds. The number of imide groups is 1. The quantitative estimate of drug-likeness (QED) is 0.572. The number of rotatable bonds is 5. The van der Waals surface area contributed by atoms with Crippen molar-refractivity contribution in [2.24, 2.45) is 0 Å². The van der Waals surface area contributed by atoms with E-state index in [2.05, 4.69) is 42.3 Å². The molecule has 1 N–H and O–H groups in total. The van der Waals surface area contributed by atoms with Crippen LogP contribution < -0.4 is 10.2 Å². The van der Waals surface area contributed by atoms with E-state index in [0.717, 1.165) is 40.8 Å². The number of carbonyl (C=O) groups excluding carboxylic acids is 2. The van der Waals surface area contributed by atoms with Crippen molar-refractivity contribution >= 4 is 34.0 Å². The summed E-state index contributed by atoms with van der Waals surface area (Å²) in [5, 5.41) is 5.20. The molecule has 1 saturated heterocycles. The third-order valence-corrected chi connectivity index (χ3v) is 6.70. The highest BCUT2D eigenvalue weighted by Gasteiger charge is 2.33. The highest BCUT2D eigenvalue weighted by atomic mass is 16.2. The van der Waals surface area contributed by atoms with Crippen LogP contribution in [0, 0.1) is 13.8 Å². The Hall–Kier alpha value is -3.34. The van der Waals surface area contributed by atoms with Gasteiger partial charge in [0.05, 0.1) is 0 Å². The van der Waals surface area contributed by atoms with Crippen LogP contribution in [0.1, 0.15) is 51.1 Å². The SMILES string of the molecule is Cc1ccc(NCCN2C(=O)c3cccc4c(N5CCCCC5)ccc(c34)C2=O)c(C)c1. The van der Waals surface area contributed by atoms with Gasteiger partial charge in [-0.15, -0.1) is 0 Å². The molecule has 0 aromatic heterocycles. The van der Waals surface area contributed by atoms with E-state index < -0.39 is 0 Å². The fraction of sp³-hybridized carbons (Fsp3) is 0.333. The summed E-state index contributed by atoms with van der Waals surface area (Å²) in [4.78, 5) is 30.4. The fourth-order valence-electron chi connectivity index (χ4n) is 5.06. The van der Waals surface area contributed by atoms with Crippen LogP contribution >= 0.6 is 0 Å². The van der Waals surface area contributed by atoms with Gasteiger partial charge in [-0.1, -0.05) is 29.8 Å². The van der Waals surface area contributed by atoms with Crippen LogP contribution in [0.5, 0.6) is 0 Å². The van der Waals surface area contributed by atoms with Gasteiger partial charge in [0, 0.05) is 59.5 Å². The largest absolute Gasteiger partial charge is 0.383 e. The summed E-state index contributed by atoms with van der Waals surface area (Å²) in [6, 6.07) is 16.0. The Balaban J connectivity index is 1.42.